The Morgan fingerprint density at radius 1 is 0.842 bits per heavy atom. The smallest absolute Gasteiger partial charge is 0.335 e. The van der Waals surface area contributed by atoms with E-state index in [1.807, 2.05) is 0 Å². The molecule has 3 N–H and O–H groups in total. The first-order valence-electron chi connectivity index (χ1n) is 5.39. The Balaban J connectivity index is 2.67. The maximum absolute atomic E-state index is 11.0. The van der Waals surface area contributed by atoms with Gasteiger partial charge in [0.2, 0.25) is 0 Å². The van der Waals surface area contributed by atoms with Crippen molar-refractivity contribution >= 4 is 11.9 Å². The molecule has 0 unspecified atom stereocenters. The summed E-state index contributed by atoms with van der Waals surface area (Å²) in [7, 11) is 0. The van der Waals surface area contributed by atoms with Gasteiger partial charge in [-0.1, -0.05) is 18.2 Å². The molecule has 0 fully saturated rings. The lowest BCUT2D eigenvalue weighted by atomic mass is 9.99. The molecule has 0 amide bonds. The summed E-state index contributed by atoms with van der Waals surface area (Å²) in [5.41, 5.74) is 0.444. The second-order valence-electron chi connectivity index (χ2n) is 3.93. The third kappa shape index (κ3) is 2.55. The number of rotatable bonds is 3. The van der Waals surface area contributed by atoms with E-state index in [0.717, 1.165) is 6.07 Å². The minimum Gasteiger partial charge on any atom is -0.507 e. The van der Waals surface area contributed by atoms with Gasteiger partial charge in [-0.3, -0.25) is 0 Å². The summed E-state index contributed by atoms with van der Waals surface area (Å²) in [5.74, 6) is -2.49. The molecule has 5 nitrogen and oxygen atoms in total. The average Bonchev–Trinajstić information content (AvgIpc) is 2.38. The van der Waals surface area contributed by atoms with Crippen LogP contribution < -0.4 is 0 Å². The van der Waals surface area contributed by atoms with E-state index in [-0.39, 0.29) is 16.9 Å². The predicted molar refractivity (Wildman–Crippen MR) is 67.5 cm³/mol. The molecule has 2 aromatic rings. The fraction of sp³-hybridized carbons (Fsp3) is 0. The van der Waals surface area contributed by atoms with E-state index in [9.17, 15) is 14.7 Å². The summed E-state index contributed by atoms with van der Waals surface area (Å²) < 4.78 is 0. The van der Waals surface area contributed by atoms with Crippen LogP contribution in [-0.2, 0) is 0 Å². The van der Waals surface area contributed by atoms with E-state index in [1.54, 1.807) is 18.2 Å². The van der Waals surface area contributed by atoms with Gasteiger partial charge in [0.25, 0.3) is 0 Å². The second kappa shape index (κ2) is 4.81. The monoisotopic (exact) mass is 258 g/mol. The average molecular weight is 258 g/mol. The van der Waals surface area contributed by atoms with Crippen LogP contribution in [0.2, 0.25) is 0 Å². The SMILES string of the molecule is O=C(O)c1cc(C(=O)O)cc(-c2ccccc2O)c1. The van der Waals surface area contributed by atoms with Crippen LogP contribution in [0.25, 0.3) is 11.1 Å². The molecule has 0 spiro atoms. The molecule has 2 aromatic carbocycles. The zero-order valence-electron chi connectivity index (χ0n) is 9.70. The Morgan fingerprint density at radius 2 is 1.37 bits per heavy atom. The summed E-state index contributed by atoms with van der Waals surface area (Å²) >= 11 is 0. The molecule has 0 saturated heterocycles. The summed E-state index contributed by atoms with van der Waals surface area (Å²) in [4.78, 5) is 22.0. The van der Waals surface area contributed by atoms with Gasteiger partial charge in [0.15, 0.2) is 0 Å². The number of carbonyl (C=O) groups is 2. The first-order chi connectivity index (χ1) is 8.99. The number of aromatic carboxylic acids is 2. The van der Waals surface area contributed by atoms with Gasteiger partial charge in [-0.15, -0.1) is 0 Å². The summed E-state index contributed by atoms with van der Waals surface area (Å²) in [5, 5.41) is 27.7. The standard InChI is InChI=1S/C14H10O5/c15-12-4-2-1-3-11(12)8-5-9(13(16)17)7-10(6-8)14(18)19/h1-7,15H,(H,16,17)(H,18,19). The highest BCUT2D eigenvalue weighted by Crippen LogP contribution is 2.30. The van der Waals surface area contributed by atoms with E-state index in [2.05, 4.69) is 0 Å². The molecule has 0 heterocycles. The molecule has 2 rings (SSSR count). The number of phenolic OH excluding ortho intramolecular Hbond substituents is 1. The number of carboxylic acids is 2. The number of phenols is 1. The second-order valence-corrected chi connectivity index (χ2v) is 3.93. The molecule has 96 valence electrons. The number of carboxylic acid groups (broad SMARTS) is 2. The molecule has 19 heavy (non-hydrogen) atoms. The molecule has 0 saturated carbocycles. The molecule has 0 radical (unpaired) electrons. The Hall–Kier alpha value is -2.82. The van der Waals surface area contributed by atoms with Gasteiger partial charge < -0.3 is 15.3 Å². The van der Waals surface area contributed by atoms with Crippen molar-refractivity contribution in [1.82, 2.24) is 0 Å². The molecule has 0 aliphatic rings. The lowest BCUT2D eigenvalue weighted by molar-refractivity contribution is 0.0696. The molecule has 0 aliphatic heterocycles. The molecule has 5 heteroatoms. The van der Waals surface area contributed by atoms with Crippen molar-refractivity contribution in [1.29, 1.82) is 0 Å². The van der Waals surface area contributed by atoms with Gasteiger partial charge in [0, 0.05) is 5.56 Å². The quantitative estimate of drug-likeness (QED) is 0.786. The Morgan fingerprint density at radius 3 is 1.84 bits per heavy atom. The maximum Gasteiger partial charge on any atom is 0.335 e. The van der Waals surface area contributed by atoms with Crippen LogP contribution in [0.15, 0.2) is 42.5 Å². The van der Waals surface area contributed by atoms with Crippen molar-refractivity contribution in [3.63, 3.8) is 0 Å². The zero-order chi connectivity index (χ0) is 14.0. The first-order valence-corrected chi connectivity index (χ1v) is 5.39. The highest BCUT2D eigenvalue weighted by Gasteiger charge is 2.13. The third-order valence-electron chi connectivity index (χ3n) is 2.64. The van der Waals surface area contributed by atoms with E-state index < -0.39 is 11.9 Å². The van der Waals surface area contributed by atoms with Crippen LogP contribution in [0, 0.1) is 0 Å². The molecular formula is C14H10O5. The fourth-order valence-corrected chi connectivity index (χ4v) is 1.75. The van der Waals surface area contributed by atoms with Crippen LogP contribution in [0.3, 0.4) is 0 Å². The molecular weight excluding hydrogens is 248 g/mol. The molecule has 0 aromatic heterocycles. The van der Waals surface area contributed by atoms with Crippen LogP contribution in [0.4, 0.5) is 0 Å². The van der Waals surface area contributed by atoms with Crippen LogP contribution in [0.5, 0.6) is 5.75 Å². The van der Waals surface area contributed by atoms with Crippen molar-refractivity contribution in [3.05, 3.63) is 53.6 Å². The zero-order valence-corrected chi connectivity index (χ0v) is 9.70. The van der Waals surface area contributed by atoms with Crippen LogP contribution >= 0.6 is 0 Å². The number of hydrogen-bond acceptors (Lipinski definition) is 3. The van der Waals surface area contributed by atoms with Gasteiger partial charge in [-0.05, 0) is 29.8 Å². The minimum atomic E-state index is -1.22. The topological polar surface area (TPSA) is 94.8 Å². The van der Waals surface area contributed by atoms with Crippen molar-refractivity contribution in [2.24, 2.45) is 0 Å². The minimum absolute atomic E-state index is 0.0404. The number of benzene rings is 2. The first kappa shape index (κ1) is 12.6. The van der Waals surface area contributed by atoms with Gasteiger partial charge in [0.05, 0.1) is 11.1 Å². The Labute approximate surface area is 108 Å². The van der Waals surface area contributed by atoms with E-state index in [1.165, 1.54) is 18.2 Å². The molecule has 0 bridgehead atoms. The highest BCUT2D eigenvalue weighted by atomic mass is 16.4. The lowest BCUT2D eigenvalue weighted by Crippen LogP contribution is -2.03. The largest absolute Gasteiger partial charge is 0.507 e. The van der Waals surface area contributed by atoms with E-state index in [4.69, 9.17) is 10.2 Å². The maximum atomic E-state index is 11.0. The summed E-state index contributed by atoms with van der Waals surface area (Å²) in [6.45, 7) is 0. The van der Waals surface area contributed by atoms with Crippen molar-refractivity contribution in [3.8, 4) is 16.9 Å². The van der Waals surface area contributed by atoms with Crippen LogP contribution in [-0.4, -0.2) is 27.3 Å². The lowest BCUT2D eigenvalue weighted by Gasteiger charge is -2.07. The number of hydrogen-bond donors (Lipinski definition) is 3. The van der Waals surface area contributed by atoms with Gasteiger partial charge >= 0.3 is 11.9 Å². The van der Waals surface area contributed by atoms with Crippen LogP contribution in [0.1, 0.15) is 20.7 Å². The number of para-hydroxylation sites is 1. The number of aromatic hydroxyl groups is 1. The van der Waals surface area contributed by atoms with Gasteiger partial charge in [-0.25, -0.2) is 9.59 Å². The molecule has 0 aliphatic carbocycles. The Kier molecular flexibility index (Phi) is 3.20. The van der Waals surface area contributed by atoms with Gasteiger partial charge in [-0.2, -0.15) is 0 Å². The summed E-state index contributed by atoms with van der Waals surface area (Å²) in [6, 6.07) is 10.0. The van der Waals surface area contributed by atoms with Crippen molar-refractivity contribution < 1.29 is 24.9 Å². The molecule has 0 atom stereocenters. The Bertz CT molecular complexity index is 628. The highest BCUT2D eigenvalue weighted by molar-refractivity contribution is 5.96. The van der Waals surface area contributed by atoms with Crippen molar-refractivity contribution in [2.75, 3.05) is 0 Å². The normalized spacial score (nSPS) is 10.1. The van der Waals surface area contributed by atoms with E-state index >= 15 is 0 Å². The predicted octanol–water partition coefficient (Wildman–Crippen LogP) is 2.46. The summed E-state index contributed by atoms with van der Waals surface area (Å²) in [6.07, 6.45) is 0. The third-order valence-corrected chi connectivity index (χ3v) is 2.64. The van der Waals surface area contributed by atoms with Gasteiger partial charge in [0.1, 0.15) is 5.75 Å². The van der Waals surface area contributed by atoms with E-state index in [0.29, 0.717) is 11.1 Å². The van der Waals surface area contributed by atoms with Crippen molar-refractivity contribution in [2.45, 2.75) is 0 Å². The fourth-order valence-electron chi connectivity index (χ4n) is 1.75.